The van der Waals surface area contributed by atoms with E-state index in [-0.39, 0.29) is 12.1 Å². The van der Waals surface area contributed by atoms with Crippen LogP contribution in [0.5, 0.6) is 5.75 Å². The number of alkyl carbamates (subject to hydrolysis) is 1. The third kappa shape index (κ3) is 6.19. The Morgan fingerprint density at radius 1 is 1.07 bits per heavy atom. The summed E-state index contributed by atoms with van der Waals surface area (Å²) in [5.74, 6) is 0.871. The molecular formula is C23H30N2O3. The van der Waals surface area contributed by atoms with Crippen molar-refractivity contribution < 1.29 is 14.3 Å². The van der Waals surface area contributed by atoms with Gasteiger partial charge in [-0.05, 0) is 51.3 Å². The van der Waals surface area contributed by atoms with Crippen LogP contribution in [0, 0.1) is 0 Å². The third-order valence-electron chi connectivity index (χ3n) is 4.65. The van der Waals surface area contributed by atoms with Gasteiger partial charge in [-0.15, -0.1) is 0 Å². The van der Waals surface area contributed by atoms with Crippen LogP contribution in [0.1, 0.15) is 39.2 Å². The average molecular weight is 383 g/mol. The first-order valence-electron chi connectivity index (χ1n) is 9.90. The minimum atomic E-state index is -0.467. The molecule has 2 aromatic carbocycles. The summed E-state index contributed by atoms with van der Waals surface area (Å²) in [6, 6.07) is 18.5. The second-order valence-electron chi connectivity index (χ2n) is 8.18. The molecule has 3 rings (SSSR count). The number of nitrogens with one attached hydrogen (secondary N) is 1. The minimum Gasteiger partial charge on any atom is -0.489 e. The van der Waals surface area contributed by atoms with Crippen LogP contribution in [0.15, 0.2) is 54.6 Å². The first kappa shape index (κ1) is 20.1. The van der Waals surface area contributed by atoms with E-state index in [0.717, 1.165) is 42.9 Å². The molecule has 0 atom stereocenters. The number of hydrogen-bond donors (Lipinski definition) is 1. The predicted molar refractivity (Wildman–Crippen MR) is 112 cm³/mol. The first-order chi connectivity index (χ1) is 13.4. The largest absolute Gasteiger partial charge is 0.489 e. The zero-order valence-corrected chi connectivity index (χ0v) is 17.0. The average Bonchev–Trinajstić information content (AvgIpc) is 2.66. The number of benzene rings is 2. The van der Waals surface area contributed by atoms with Crippen LogP contribution < -0.4 is 15.0 Å². The Hall–Kier alpha value is -2.69. The smallest absolute Gasteiger partial charge is 0.407 e. The number of anilines is 1. The molecule has 0 unspecified atom stereocenters. The Labute approximate surface area is 167 Å². The monoisotopic (exact) mass is 382 g/mol. The van der Waals surface area contributed by atoms with Crippen LogP contribution in [-0.2, 0) is 11.3 Å². The van der Waals surface area contributed by atoms with Gasteiger partial charge in [-0.25, -0.2) is 4.79 Å². The summed E-state index contributed by atoms with van der Waals surface area (Å²) in [5.41, 5.74) is 1.84. The van der Waals surface area contributed by atoms with E-state index in [9.17, 15) is 4.79 Å². The highest BCUT2D eigenvalue weighted by Gasteiger charge is 2.23. The van der Waals surface area contributed by atoms with Crippen molar-refractivity contribution >= 4 is 11.8 Å². The normalized spacial score (nSPS) is 15.2. The molecule has 0 radical (unpaired) electrons. The summed E-state index contributed by atoms with van der Waals surface area (Å²) in [7, 11) is 0. The van der Waals surface area contributed by atoms with Crippen LogP contribution in [0.2, 0.25) is 0 Å². The summed E-state index contributed by atoms with van der Waals surface area (Å²) in [5, 5.41) is 2.98. The van der Waals surface area contributed by atoms with E-state index in [4.69, 9.17) is 9.47 Å². The zero-order valence-electron chi connectivity index (χ0n) is 17.0. The molecule has 1 heterocycles. The van der Waals surface area contributed by atoms with E-state index < -0.39 is 5.60 Å². The fraction of sp³-hybridized carbons (Fsp3) is 0.435. The van der Waals surface area contributed by atoms with Gasteiger partial charge in [-0.2, -0.15) is 0 Å². The van der Waals surface area contributed by atoms with Crippen molar-refractivity contribution in [3.05, 3.63) is 60.2 Å². The molecule has 5 nitrogen and oxygen atoms in total. The van der Waals surface area contributed by atoms with Gasteiger partial charge in [0.1, 0.15) is 18.0 Å². The molecule has 1 aliphatic heterocycles. The molecule has 0 bridgehead atoms. The molecule has 0 saturated carbocycles. The molecule has 150 valence electrons. The molecule has 0 aromatic heterocycles. The van der Waals surface area contributed by atoms with Crippen LogP contribution in [0.4, 0.5) is 10.5 Å². The Morgan fingerprint density at radius 2 is 1.79 bits per heavy atom. The van der Waals surface area contributed by atoms with E-state index in [1.807, 2.05) is 51.1 Å². The van der Waals surface area contributed by atoms with Gasteiger partial charge < -0.3 is 19.7 Å². The van der Waals surface area contributed by atoms with Crippen molar-refractivity contribution in [2.75, 3.05) is 18.0 Å². The Bertz CT molecular complexity index is 763. The van der Waals surface area contributed by atoms with Crippen LogP contribution in [-0.4, -0.2) is 30.8 Å². The van der Waals surface area contributed by atoms with Gasteiger partial charge in [0.25, 0.3) is 0 Å². The molecule has 1 saturated heterocycles. The predicted octanol–water partition coefficient (Wildman–Crippen LogP) is 4.76. The fourth-order valence-corrected chi connectivity index (χ4v) is 3.27. The van der Waals surface area contributed by atoms with E-state index in [2.05, 4.69) is 34.5 Å². The maximum Gasteiger partial charge on any atom is 0.407 e. The highest BCUT2D eigenvalue weighted by molar-refractivity contribution is 5.68. The van der Waals surface area contributed by atoms with Crippen molar-refractivity contribution in [1.29, 1.82) is 0 Å². The molecule has 28 heavy (non-hydrogen) atoms. The number of ether oxygens (including phenoxy) is 2. The number of amides is 1. The SMILES string of the molecule is CC(C)(C)OC(=O)NC1CCN(c2cccc(OCc3ccccc3)c2)CC1. The number of carbonyl (C=O) groups is 1. The molecule has 0 aliphatic carbocycles. The van der Waals surface area contributed by atoms with Crippen molar-refractivity contribution in [1.82, 2.24) is 5.32 Å². The third-order valence-corrected chi connectivity index (χ3v) is 4.65. The zero-order chi connectivity index (χ0) is 20.0. The minimum absolute atomic E-state index is 0.156. The lowest BCUT2D eigenvalue weighted by Crippen LogP contribution is -2.46. The molecule has 1 N–H and O–H groups in total. The fourth-order valence-electron chi connectivity index (χ4n) is 3.27. The summed E-state index contributed by atoms with van der Waals surface area (Å²) >= 11 is 0. The molecule has 2 aromatic rings. The van der Waals surface area contributed by atoms with Crippen LogP contribution >= 0.6 is 0 Å². The van der Waals surface area contributed by atoms with Crippen molar-refractivity contribution in [2.45, 2.75) is 51.9 Å². The lowest BCUT2D eigenvalue weighted by Gasteiger charge is -2.34. The van der Waals surface area contributed by atoms with Gasteiger partial charge in [-0.3, -0.25) is 0 Å². The van der Waals surface area contributed by atoms with Crippen LogP contribution in [0.3, 0.4) is 0 Å². The highest BCUT2D eigenvalue weighted by atomic mass is 16.6. The van der Waals surface area contributed by atoms with Gasteiger partial charge in [0.15, 0.2) is 0 Å². The number of nitrogens with zero attached hydrogens (tertiary/aromatic N) is 1. The van der Waals surface area contributed by atoms with Gasteiger partial charge in [-0.1, -0.05) is 36.4 Å². The van der Waals surface area contributed by atoms with Gasteiger partial charge >= 0.3 is 6.09 Å². The summed E-state index contributed by atoms with van der Waals surface area (Å²) in [6.45, 7) is 7.98. The van der Waals surface area contributed by atoms with Crippen molar-refractivity contribution in [3.63, 3.8) is 0 Å². The molecule has 0 spiro atoms. The second kappa shape index (κ2) is 9.00. The lowest BCUT2D eigenvalue weighted by molar-refractivity contribution is 0.0497. The van der Waals surface area contributed by atoms with Crippen molar-refractivity contribution in [2.24, 2.45) is 0 Å². The standard InChI is InChI=1S/C23H30N2O3/c1-23(2,3)28-22(26)24-19-12-14-25(15-13-19)20-10-7-11-21(16-20)27-17-18-8-5-4-6-9-18/h4-11,16,19H,12-15,17H2,1-3H3,(H,24,26). The second-order valence-corrected chi connectivity index (χ2v) is 8.18. The molecule has 1 amide bonds. The Morgan fingerprint density at radius 3 is 2.46 bits per heavy atom. The number of carbonyl (C=O) groups excluding carboxylic acids is 1. The summed E-state index contributed by atoms with van der Waals surface area (Å²) in [4.78, 5) is 14.3. The van der Waals surface area contributed by atoms with E-state index in [0.29, 0.717) is 6.61 Å². The van der Waals surface area contributed by atoms with Gasteiger partial charge in [0, 0.05) is 30.9 Å². The maximum atomic E-state index is 11.9. The molecule has 1 fully saturated rings. The quantitative estimate of drug-likeness (QED) is 0.810. The van der Waals surface area contributed by atoms with E-state index >= 15 is 0 Å². The van der Waals surface area contributed by atoms with Crippen molar-refractivity contribution in [3.8, 4) is 5.75 Å². The number of hydrogen-bond acceptors (Lipinski definition) is 4. The topological polar surface area (TPSA) is 50.8 Å². The lowest BCUT2D eigenvalue weighted by atomic mass is 10.0. The summed E-state index contributed by atoms with van der Waals surface area (Å²) in [6.07, 6.45) is 1.46. The molecule has 5 heteroatoms. The maximum absolute atomic E-state index is 11.9. The van der Waals surface area contributed by atoms with Gasteiger partial charge in [0.05, 0.1) is 0 Å². The molecule has 1 aliphatic rings. The van der Waals surface area contributed by atoms with E-state index in [1.165, 1.54) is 0 Å². The number of rotatable bonds is 5. The van der Waals surface area contributed by atoms with Gasteiger partial charge in [0.2, 0.25) is 0 Å². The molecular weight excluding hydrogens is 352 g/mol. The number of piperidine rings is 1. The highest BCUT2D eigenvalue weighted by Crippen LogP contribution is 2.25. The first-order valence-corrected chi connectivity index (χ1v) is 9.90. The Balaban J connectivity index is 1.49. The Kier molecular flexibility index (Phi) is 6.45. The van der Waals surface area contributed by atoms with E-state index in [1.54, 1.807) is 0 Å². The van der Waals surface area contributed by atoms with Crippen LogP contribution in [0.25, 0.3) is 0 Å². The summed E-state index contributed by atoms with van der Waals surface area (Å²) < 4.78 is 11.3.